The molecule has 0 aromatic heterocycles. The molecule has 0 radical (unpaired) electrons. The van der Waals surface area contributed by atoms with Crippen molar-refractivity contribution in [1.29, 1.82) is 0 Å². The number of nitrogens with one attached hydrogen (secondary N) is 2. The molecule has 9 heteroatoms. The van der Waals surface area contributed by atoms with Crippen LogP contribution in [0.25, 0.3) is 0 Å². The molecule has 2 rings (SSSR count). The molecule has 0 aliphatic rings. The molecule has 0 aliphatic carbocycles. The summed E-state index contributed by atoms with van der Waals surface area (Å²) in [7, 11) is -0.857. The van der Waals surface area contributed by atoms with Gasteiger partial charge in [-0.3, -0.25) is 0 Å². The van der Waals surface area contributed by atoms with Crippen LogP contribution in [0, 0.1) is 0 Å². The van der Waals surface area contributed by atoms with E-state index in [1.165, 1.54) is 25.3 Å². The van der Waals surface area contributed by atoms with E-state index in [0.717, 1.165) is 18.4 Å². The highest BCUT2D eigenvalue weighted by molar-refractivity contribution is 7.89. The van der Waals surface area contributed by atoms with Gasteiger partial charge in [-0.05, 0) is 55.7 Å². The average Bonchev–Trinajstić information content (AvgIpc) is 2.73. The van der Waals surface area contributed by atoms with Gasteiger partial charge in [0, 0.05) is 12.6 Å². The maximum absolute atomic E-state index is 13.0. The van der Waals surface area contributed by atoms with Crippen molar-refractivity contribution >= 4 is 21.7 Å². The third-order valence-corrected chi connectivity index (χ3v) is 6.30. The molecule has 1 atom stereocenters. The first-order valence-electron chi connectivity index (χ1n) is 10.1. The van der Waals surface area contributed by atoms with Gasteiger partial charge in [0.05, 0.1) is 25.5 Å². The van der Waals surface area contributed by atoms with Crippen LogP contribution in [0.2, 0.25) is 0 Å². The fourth-order valence-electron chi connectivity index (χ4n) is 3.21. The molecule has 0 spiro atoms. The summed E-state index contributed by atoms with van der Waals surface area (Å²) >= 11 is 0. The molecule has 0 fully saturated rings. The van der Waals surface area contributed by atoms with Crippen molar-refractivity contribution < 1.29 is 27.8 Å². The number of hydrogen-bond donors (Lipinski definition) is 3. The Bertz CT molecular complexity index is 1010. The fourth-order valence-corrected chi connectivity index (χ4v) is 4.44. The minimum Gasteiger partial charge on any atom is -0.493 e. The van der Waals surface area contributed by atoms with Crippen LogP contribution >= 0.6 is 0 Å². The average molecular weight is 451 g/mol. The number of anilines is 1. The van der Waals surface area contributed by atoms with Gasteiger partial charge in [-0.2, -0.15) is 0 Å². The Hall–Kier alpha value is -2.78. The van der Waals surface area contributed by atoms with Crippen molar-refractivity contribution in [3.8, 4) is 11.5 Å². The Morgan fingerprint density at radius 3 is 2.42 bits per heavy atom. The summed E-state index contributed by atoms with van der Waals surface area (Å²) in [5, 5.41) is 12.5. The lowest BCUT2D eigenvalue weighted by Crippen LogP contribution is -2.28. The summed E-state index contributed by atoms with van der Waals surface area (Å²) in [5.41, 5.74) is 1.16. The maximum atomic E-state index is 13.0. The molecule has 0 bridgehead atoms. The lowest BCUT2D eigenvalue weighted by molar-refractivity contribution is 0.0696. The zero-order chi connectivity index (χ0) is 23.0. The van der Waals surface area contributed by atoms with Gasteiger partial charge in [0.25, 0.3) is 0 Å². The highest BCUT2D eigenvalue weighted by Crippen LogP contribution is 2.28. The number of aromatic carboxylic acids is 1. The fraction of sp³-hybridized carbons (Fsp3) is 0.409. The van der Waals surface area contributed by atoms with E-state index in [2.05, 4.69) is 10.0 Å². The van der Waals surface area contributed by atoms with Crippen LogP contribution in [0.4, 0.5) is 5.69 Å². The first-order chi connectivity index (χ1) is 14.7. The summed E-state index contributed by atoms with van der Waals surface area (Å²) in [6, 6.07) is 9.50. The van der Waals surface area contributed by atoms with Gasteiger partial charge in [-0.25, -0.2) is 17.9 Å². The minimum absolute atomic E-state index is 0.0430. The number of carboxylic acids is 1. The summed E-state index contributed by atoms with van der Waals surface area (Å²) in [4.78, 5) is 11.3. The maximum Gasteiger partial charge on any atom is 0.335 e. The lowest BCUT2D eigenvalue weighted by atomic mass is 10.1. The molecule has 3 N–H and O–H groups in total. The predicted molar refractivity (Wildman–Crippen MR) is 120 cm³/mol. The van der Waals surface area contributed by atoms with E-state index >= 15 is 0 Å². The number of methoxy groups -OCH3 is 2. The summed E-state index contributed by atoms with van der Waals surface area (Å²) in [5.74, 6) is -0.0300. The Morgan fingerprint density at radius 2 is 1.81 bits per heavy atom. The number of carbonyl (C=O) groups is 1. The highest BCUT2D eigenvalue weighted by Gasteiger charge is 2.21. The SMILES string of the molecule is CCCC(C)Nc1ccc(C(=O)O)cc1S(=O)(=O)NCCc1ccc(OC)c(OC)c1. The van der Waals surface area contributed by atoms with Crippen molar-refractivity contribution in [1.82, 2.24) is 4.72 Å². The minimum atomic E-state index is -3.94. The van der Waals surface area contributed by atoms with Gasteiger partial charge in [0.15, 0.2) is 11.5 Å². The molecule has 0 saturated heterocycles. The van der Waals surface area contributed by atoms with Crippen molar-refractivity contribution in [2.75, 3.05) is 26.1 Å². The summed E-state index contributed by atoms with van der Waals surface area (Å²) < 4.78 is 39.0. The van der Waals surface area contributed by atoms with E-state index in [0.29, 0.717) is 23.6 Å². The van der Waals surface area contributed by atoms with Crippen molar-refractivity contribution in [3.05, 3.63) is 47.5 Å². The van der Waals surface area contributed by atoms with E-state index in [-0.39, 0.29) is 23.0 Å². The zero-order valence-electron chi connectivity index (χ0n) is 18.3. The Labute approximate surface area is 183 Å². The van der Waals surface area contributed by atoms with Crippen LogP contribution in [0.5, 0.6) is 11.5 Å². The van der Waals surface area contributed by atoms with Crippen molar-refractivity contribution in [2.24, 2.45) is 0 Å². The van der Waals surface area contributed by atoms with E-state index in [1.807, 2.05) is 19.9 Å². The Morgan fingerprint density at radius 1 is 1.10 bits per heavy atom. The van der Waals surface area contributed by atoms with Crippen LogP contribution in [-0.2, 0) is 16.4 Å². The zero-order valence-corrected chi connectivity index (χ0v) is 19.1. The van der Waals surface area contributed by atoms with E-state index in [9.17, 15) is 18.3 Å². The molecule has 2 aromatic carbocycles. The number of sulfonamides is 1. The second-order valence-corrected chi connectivity index (χ2v) is 8.92. The van der Waals surface area contributed by atoms with Gasteiger partial charge in [-0.1, -0.05) is 19.4 Å². The second kappa shape index (κ2) is 11.0. The van der Waals surface area contributed by atoms with Crippen LogP contribution in [0.1, 0.15) is 42.6 Å². The molecule has 31 heavy (non-hydrogen) atoms. The van der Waals surface area contributed by atoms with E-state index in [4.69, 9.17) is 9.47 Å². The molecule has 1 unspecified atom stereocenters. The molecular formula is C22H30N2O6S. The first kappa shape index (κ1) is 24.5. The molecule has 170 valence electrons. The standard InChI is InChI=1S/C22H30N2O6S/c1-5-6-15(2)24-18-9-8-17(22(25)26)14-21(18)31(27,28)23-12-11-16-7-10-19(29-3)20(13-16)30-4/h7-10,13-15,23-24H,5-6,11-12H2,1-4H3,(H,25,26). The number of carboxylic acid groups (broad SMARTS) is 1. The Kier molecular flexibility index (Phi) is 8.70. The second-order valence-electron chi connectivity index (χ2n) is 7.19. The normalized spacial score (nSPS) is 12.3. The third kappa shape index (κ3) is 6.60. The van der Waals surface area contributed by atoms with Gasteiger partial charge < -0.3 is 19.9 Å². The summed E-state index contributed by atoms with van der Waals surface area (Å²) in [6.07, 6.45) is 2.22. The van der Waals surface area contributed by atoms with Crippen LogP contribution in [-0.4, -0.2) is 46.3 Å². The van der Waals surface area contributed by atoms with Gasteiger partial charge >= 0.3 is 5.97 Å². The van der Waals surface area contributed by atoms with E-state index < -0.39 is 16.0 Å². The van der Waals surface area contributed by atoms with Crippen molar-refractivity contribution in [3.63, 3.8) is 0 Å². The molecule has 0 heterocycles. The molecule has 8 nitrogen and oxygen atoms in total. The molecule has 0 amide bonds. The number of ether oxygens (including phenoxy) is 2. The molecule has 0 aliphatic heterocycles. The predicted octanol–water partition coefficient (Wildman–Crippen LogP) is 3.52. The van der Waals surface area contributed by atoms with Crippen LogP contribution in [0.3, 0.4) is 0 Å². The number of hydrogen-bond acceptors (Lipinski definition) is 6. The van der Waals surface area contributed by atoms with Crippen molar-refractivity contribution in [2.45, 2.75) is 44.0 Å². The van der Waals surface area contributed by atoms with Gasteiger partial charge in [-0.15, -0.1) is 0 Å². The smallest absolute Gasteiger partial charge is 0.335 e. The molecule has 0 saturated carbocycles. The van der Waals surface area contributed by atoms with Crippen LogP contribution < -0.4 is 19.5 Å². The monoisotopic (exact) mass is 450 g/mol. The quantitative estimate of drug-likeness (QED) is 0.453. The number of benzene rings is 2. The highest BCUT2D eigenvalue weighted by atomic mass is 32.2. The lowest BCUT2D eigenvalue weighted by Gasteiger charge is -2.18. The summed E-state index contributed by atoms with van der Waals surface area (Å²) in [6.45, 7) is 4.13. The molecular weight excluding hydrogens is 420 g/mol. The van der Waals surface area contributed by atoms with Crippen LogP contribution in [0.15, 0.2) is 41.3 Å². The topological polar surface area (TPSA) is 114 Å². The van der Waals surface area contributed by atoms with E-state index in [1.54, 1.807) is 19.2 Å². The number of rotatable bonds is 12. The molecule has 2 aromatic rings. The van der Waals surface area contributed by atoms with Gasteiger partial charge in [0.1, 0.15) is 4.90 Å². The van der Waals surface area contributed by atoms with Gasteiger partial charge in [0.2, 0.25) is 10.0 Å². The first-order valence-corrected chi connectivity index (χ1v) is 11.5. The Balaban J connectivity index is 2.21. The third-order valence-electron chi connectivity index (χ3n) is 4.80. The largest absolute Gasteiger partial charge is 0.493 e.